The third-order valence-electron chi connectivity index (χ3n) is 5.80. The first kappa shape index (κ1) is 16.8. The summed E-state index contributed by atoms with van der Waals surface area (Å²) >= 11 is 0. The predicted octanol–water partition coefficient (Wildman–Crippen LogP) is 5.14. The number of nitrogens with zero attached hydrogens (tertiary/aromatic N) is 1. The lowest BCUT2D eigenvalue weighted by Gasteiger charge is -2.36. The number of para-hydroxylation sites is 1. The first-order valence-electron chi connectivity index (χ1n) is 9.71. The summed E-state index contributed by atoms with van der Waals surface area (Å²) in [7, 11) is 2.26. The lowest BCUT2D eigenvalue weighted by atomic mass is 9.83. The summed E-state index contributed by atoms with van der Waals surface area (Å²) < 4.78 is 6.47. The lowest BCUT2D eigenvalue weighted by Crippen LogP contribution is -2.40. The van der Waals surface area contributed by atoms with E-state index >= 15 is 0 Å². The Morgan fingerprint density at radius 3 is 2.57 bits per heavy atom. The molecule has 128 valence electrons. The molecule has 2 aliphatic rings. The summed E-state index contributed by atoms with van der Waals surface area (Å²) in [6, 6.07) is 10.5. The van der Waals surface area contributed by atoms with Gasteiger partial charge in [0.05, 0.1) is 0 Å². The minimum absolute atomic E-state index is 0.391. The van der Waals surface area contributed by atoms with E-state index in [1.165, 1.54) is 70.9 Å². The molecule has 0 bridgehead atoms. The number of ether oxygens (including phenoxy) is 1. The molecule has 23 heavy (non-hydrogen) atoms. The van der Waals surface area contributed by atoms with Crippen molar-refractivity contribution in [1.29, 1.82) is 0 Å². The smallest absolute Gasteiger partial charge is 0.119 e. The maximum absolute atomic E-state index is 6.47. The Morgan fingerprint density at radius 1 is 1.04 bits per heavy atom. The summed E-state index contributed by atoms with van der Waals surface area (Å²) in [6.45, 7) is 2.44. The van der Waals surface area contributed by atoms with Crippen molar-refractivity contribution in [2.75, 3.05) is 20.1 Å². The molecule has 1 saturated heterocycles. The van der Waals surface area contributed by atoms with Crippen LogP contribution in [0.15, 0.2) is 30.3 Å². The van der Waals surface area contributed by atoms with Gasteiger partial charge in [0.2, 0.25) is 0 Å². The van der Waals surface area contributed by atoms with E-state index < -0.39 is 0 Å². The minimum atomic E-state index is 0.391. The largest absolute Gasteiger partial charge is 0.490 e. The molecule has 0 amide bonds. The Balaban J connectivity index is 1.60. The molecule has 1 aliphatic heterocycles. The van der Waals surface area contributed by atoms with Crippen LogP contribution in [0.2, 0.25) is 0 Å². The fraction of sp³-hybridized carbons (Fsp3) is 0.714. The van der Waals surface area contributed by atoms with Crippen molar-refractivity contribution in [3.63, 3.8) is 0 Å². The van der Waals surface area contributed by atoms with Crippen molar-refractivity contribution in [3.05, 3.63) is 30.3 Å². The molecule has 0 aromatic heterocycles. The van der Waals surface area contributed by atoms with E-state index in [0.717, 1.165) is 11.7 Å². The summed E-state index contributed by atoms with van der Waals surface area (Å²) in [5, 5.41) is 0. The van der Waals surface area contributed by atoms with E-state index in [4.69, 9.17) is 4.74 Å². The second-order valence-electron chi connectivity index (χ2n) is 7.72. The fourth-order valence-corrected chi connectivity index (χ4v) is 4.45. The molecule has 3 rings (SSSR count). The highest BCUT2D eigenvalue weighted by Crippen LogP contribution is 2.31. The molecule has 2 heteroatoms. The van der Waals surface area contributed by atoms with E-state index in [0.29, 0.717) is 12.0 Å². The molecule has 0 N–H and O–H groups in total. The highest BCUT2D eigenvalue weighted by Gasteiger charge is 2.28. The van der Waals surface area contributed by atoms with Crippen LogP contribution in [0.5, 0.6) is 5.75 Å². The highest BCUT2D eigenvalue weighted by atomic mass is 16.5. The van der Waals surface area contributed by atoms with Crippen LogP contribution in [0.4, 0.5) is 0 Å². The van der Waals surface area contributed by atoms with Crippen LogP contribution in [0.25, 0.3) is 0 Å². The minimum Gasteiger partial charge on any atom is -0.490 e. The Bertz CT molecular complexity index is 440. The van der Waals surface area contributed by atoms with Crippen LogP contribution in [0.1, 0.15) is 57.8 Å². The first-order valence-corrected chi connectivity index (χ1v) is 9.71. The summed E-state index contributed by atoms with van der Waals surface area (Å²) in [5.41, 5.74) is 0. The molecule has 2 fully saturated rings. The molecule has 0 radical (unpaired) electrons. The van der Waals surface area contributed by atoms with Gasteiger partial charge >= 0.3 is 0 Å². The first-order chi connectivity index (χ1) is 11.3. The standard InChI is InChI=1S/C21H33NO/c1-22-16-8-11-19(17-22)21(23-20-12-6-3-7-13-20)15-14-18-9-4-2-5-10-18/h3,6-7,12-13,18-19,21H,2,4-5,8-11,14-17H2,1H3. The van der Waals surface area contributed by atoms with Gasteiger partial charge in [-0.05, 0) is 57.3 Å². The van der Waals surface area contributed by atoms with Gasteiger partial charge in [-0.25, -0.2) is 0 Å². The van der Waals surface area contributed by atoms with E-state index in [1.54, 1.807) is 0 Å². The zero-order valence-electron chi connectivity index (χ0n) is 14.8. The third-order valence-corrected chi connectivity index (χ3v) is 5.80. The Labute approximate surface area is 142 Å². The number of rotatable bonds is 6. The molecule has 2 nitrogen and oxygen atoms in total. The van der Waals surface area contributed by atoms with E-state index in [1.807, 2.05) is 0 Å². The van der Waals surface area contributed by atoms with Gasteiger partial charge in [0.1, 0.15) is 11.9 Å². The topological polar surface area (TPSA) is 12.5 Å². The molecule has 2 unspecified atom stereocenters. The van der Waals surface area contributed by atoms with Gasteiger partial charge in [-0.1, -0.05) is 50.3 Å². The average Bonchev–Trinajstić information content (AvgIpc) is 2.60. The van der Waals surface area contributed by atoms with Crippen LogP contribution < -0.4 is 4.74 Å². The van der Waals surface area contributed by atoms with Crippen LogP contribution in [0.3, 0.4) is 0 Å². The second-order valence-corrected chi connectivity index (χ2v) is 7.72. The molecular weight excluding hydrogens is 282 g/mol. The molecule has 1 aromatic rings. The van der Waals surface area contributed by atoms with Crippen LogP contribution in [-0.4, -0.2) is 31.1 Å². The van der Waals surface area contributed by atoms with E-state index in [2.05, 4.69) is 42.3 Å². The summed E-state index contributed by atoms with van der Waals surface area (Å²) in [4.78, 5) is 2.48. The summed E-state index contributed by atoms with van der Waals surface area (Å²) in [6.07, 6.45) is 12.9. The van der Waals surface area contributed by atoms with Crippen molar-refractivity contribution < 1.29 is 4.74 Å². The monoisotopic (exact) mass is 315 g/mol. The zero-order chi connectivity index (χ0) is 15.9. The third kappa shape index (κ3) is 5.24. The highest BCUT2D eigenvalue weighted by molar-refractivity contribution is 5.21. The number of benzene rings is 1. The molecule has 1 aromatic carbocycles. The van der Waals surface area contributed by atoms with Gasteiger partial charge in [0.15, 0.2) is 0 Å². The van der Waals surface area contributed by atoms with E-state index in [9.17, 15) is 0 Å². The van der Waals surface area contributed by atoms with E-state index in [-0.39, 0.29) is 0 Å². The Hall–Kier alpha value is -1.02. The number of piperidine rings is 1. The van der Waals surface area contributed by atoms with Gasteiger partial charge in [-0.3, -0.25) is 0 Å². The van der Waals surface area contributed by atoms with Crippen molar-refractivity contribution in [2.24, 2.45) is 11.8 Å². The van der Waals surface area contributed by atoms with Gasteiger partial charge in [-0.2, -0.15) is 0 Å². The Kier molecular flexibility index (Phi) is 6.38. The van der Waals surface area contributed by atoms with Crippen LogP contribution in [0, 0.1) is 11.8 Å². The van der Waals surface area contributed by atoms with Crippen molar-refractivity contribution in [3.8, 4) is 5.75 Å². The maximum Gasteiger partial charge on any atom is 0.119 e. The summed E-state index contributed by atoms with van der Waals surface area (Å²) in [5.74, 6) is 2.69. The molecule has 1 saturated carbocycles. The normalized spacial score (nSPS) is 25.2. The van der Waals surface area contributed by atoms with Crippen molar-refractivity contribution in [2.45, 2.75) is 63.9 Å². The van der Waals surface area contributed by atoms with Gasteiger partial charge < -0.3 is 9.64 Å². The second kappa shape index (κ2) is 8.73. The molecule has 0 spiro atoms. The van der Waals surface area contributed by atoms with Gasteiger partial charge in [-0.15, -0.1) is 0 Å². The molecular formula is C21H33NO. The number of hydrogen-bond donors (Lipinski definition) is 0. The lowest BCUT2D eigenvalue weighted by molar-refractivity contribution is 0.0656. The van der Waals surface area contributed by atoms with Crippen molar-refractivity contribution in [1.82, 2.24) is 4.90 Å². The number of likely N-dealkylation sites (tertiary alicyclic amines) is 1. The maximum atomic E-state index is 6.47. The quantitative estimate of drug-likeness (QED) is 0.721. The fourth-order valence-electron chi connectivity index (χ4n) is 4.45. The van der Waals surface area contributed by atoms with Crippen molar-refractivity contribution >= 4 is 0 Å². The van der Waals surface area contributed by atoms with Crippen LogP contribution in [-0.2, 0) is 0 Å². The van der Waals surface area contributed by atoms with Crippen LogP contribution >= 0.6 is 0 Å². The Morgan fingerprint density at radius 2 is 1.83 bits per heavy atom. The van der Waals surface area contributed by atoms with Gasteiger partial charge in [0, 0.05) is 12.5 Å². The average molecular weight is 316 g/mol. The SMILES string of the molecule is CN1CCCC(C(CCC2CCCCC2)Oc2ccccc2)C1. The molecule has 1 heterocycles. The zero-order valence-corrected chi connectivity index (χ0v) is 14.8. The van der Waals surface area contributed by atoms with Gasteiger partial charge in [0.25, 0.3) is 0 Å². The number of hydrogen-bond acceptors (Lipinski definition) is 2. The molecule has 1 aliphatic carbocycles. The molecule has 2 atom stereocenters. The predicted molar refractivity (Wildman–Crippen MR) is 96.9 cm³/mol.